The molecule has 0 atom stereocenters. The molecule has 1 saturated heterocycles. The number of piperidine rings is 1. The number of ether oxygens (including phenoxy) is 1. The highest BCUT2D eigenvalue weighted by Crippen LogP contribution is 2.19. The van der Waals surface area contributed by atoms with Crippen molar-refractivity contribution in [2.45, 2.75) is 32.1 Å². The number of benzene rings is 2. The summed E-state index contributed by atoms with van der Waals surface area (Å²) in [7, 11) is 2.18. The number of hydrogen-bond acceptors (Lipinski definition) is 4. The Morgan fingerprint density at radius 3 is 2.59 bits per heavy atom. The van der Waals surface area contributed by atoms with Crippen LogP contribution in [0.15, 0.2) is 60.9 Å². The molecular weight excluding hydrogens is 334 g/mol. The predicted molar refractivity (Wildman–Crippen MR) is 111 cm³/mol. The number of pyridine rings is 1. The van der Waals surface area contributed by atoms with Crippen molar-refractivity contribution in [3.63, 3.8) is 0 Å². The highest BCUT2D eigenvalue weighted by Gasteiger charge is 2.16. The second-order valence-electron chi connectivity index (χ2n) is 7.42. The average molecular weight is 361 g/mol. The van der Waals surface area contributed by atoms with E-state index < -0.39 is 0 Å². The summed E-state index contributed by atoms with van der Waals surface area (Å²) in [6.07, 6.45) is 6.41. The Balaban J connectivity index is 1.28. The quantitative estimate of drug-likeness (QED) is 0.703. The summed E-state index contributed by atoms with van der Waals surface area (Å²) in [6.45, 7) is 3.80. The summed E-state index contributed by atoms with van der Waals surface area (Å²) >= 11 is 0. The molecule has 27 heavy (non-hydrogen) atoms. The van der Waals surface area contributed by atoms with Crippen molar-refractivity contribution in [2.75, 3.05) is 25.5 Å². The molecule has 1 N–H and O–H groups in total. The van der Waals surface area contributed by atoms with Gasteiger partial charge in [0.05, 0.1) is 12.7 Å². The average Bonchev–Trinajstić information content (AvgIpc) is 2.72. The Morgan fingerprint density at radius 2 is 1.78 bits per heavy atom. The first kappa shape index (κ1) is 18.0. The first-order chi connectivity index (χ1) is 13.3. The third kappa shape index (κ3) is 4.85. The molecule has 0 aliphatic carbocycles. The van der Waals surface area contributed by atoms with Gasteiger partial charge in [-0.1, -0.05) is 30.3 Å². The van der Waals surface area contributed by atoms with E-state index in [4.69, 9.17) is 4.74 Å². The van der Waals surface area contributed by atoms with E-state index in [1.165, 1.54) is 16.5 Å². The van der Waals surface area contributed by atoms with Gasteiger partial charge in [0, 0.05) is 43.1 Å². The molecule has 0 spiro atoms. The number of hydrogen-bond donors (Lipinski definition) is 1. The molecule has 0 radical (unpaired) electrons. The van der Waals surface area contributed by atoms with Crippen molar-refractivity contribution in [1.82, 2.24) is 9.88 Å². The Morgan fingerprint density at radius 1 is 1.00 bits per heavy atom. The number of nitrogens with one attached hydrogen (secondary N) is 1. The zero-order valence-corrected chi connectivity index (χ0v) is 15.9. The van der Waals surface area contributed by atoms with Crippen LogP contribution in [0.2, 0.25) is 0 Å². The van der Waals surface area contributed by atoms with Gasteiger partial charge in [-0.05, 0) is 54.6 Å². The minimum absolute atomic E-state index is 0.408. The second kappa shape index (κ2) is 8.51. The molecule has 4 nitrogen and oxygen atoms in total. The smallest absolute Gasteiger partial charge is 0.0720 e. The number of rotatable bonds is 6. The van der Waals surface area contributed by atoms with E-state index in [1.807, 2.05) is 18.5 Å². The topological polar surface area (TPSA) is 37.4 Å². The van der Waals surface area contributed by atoms with E-state index in [2.05, 4.69) is 64.7 Å². The first-order valence-electron chi connectivity index (χ1n) is 9.72. The molecule has 0 saturated carbocycles. The van der Waals surface area contributed by atoms with Gasteiger partial charge in [-0.25, -0.2) is 0 Å². The third-order valence-electron chi connectivity index (χ3n) is 5.31. The molecule has 3 aromatic rings. The van der Waals surface area contributed by atoms with Gasteiger partial charge in [-0.3, -0.25) is 4.98 Å². The lowest BCUT2D eigenvalue weighted by atomic mass is 10.1. The molecule has 4 heteroatoms. The third-order valence-corrected chi connectivity index (χ3v) is 5.31. The molecule has 2 heterocycles. The molecule has 4 rings (SSSR count). The van der Waals surface area contributed by atoms with E-state index in [0.29, 0.717) is 12.7 Å². The van der Waals surface area contributed by atoms with Crippen molar-refractivity contribution in [3.8, 4) is 0 Å². The van der Waals surface area contributed by atoms with E-state index in [0.717, 1.165) is 43.5 Å². The summed E-state index contributed by atoms with van der Waals surface area (Å²) in [5, 5.41) is 5.87. The van der Waals surface area contributed by atoms with Gasteiger partial charge >= 0.3 is 0 Å². The van der Waals surface area contributed by atoms with Crippen LogP contribution in [0.4, 0.5) is 5.69 Å². The monoisotopic (exact) mass is 361 g/mol. The van der Waals surface area contributed by atoms with E-state index in [9.17, 15) is 0 Å². The van der Waals surface area contributed by atoms with Crippen LogP contribution in [0.1, 0.15) is 24.0 Å². The maximum Gasteiger partial charge on any atom is 0.0720 e. The largest absolute Gasteiger partial charge is 0.381 e. The summed E-state index contributed by atoms with van der Waals surface area (Å²) in [6, 6.07) is 17.1. The Bertz CT molecular complexity index is 870. The molecule has 1 aromatic heterocycles. The maximum atomic E-state index is 6.08. The lowest BCUT2D eigenvalue weighted by Gasteiger charge is -2.28. The fourth-order valence-corrected chi connectivity index (χ4v) is 3.52. The molecular formula is C23H27N3O. The molecule has 1 fully saturated rings. The van der Waals surface area contributed by atoms with Gasteiger partial charge in [0.15, 0.2) is 0 Å². The van der Waals surface area contributed by atoms with Gasteiger partial charge in [-0.15, -0.1) is 0 Å². The first-order valence-corrected chi connectivity index (χ1v) is 9.72. The van der Waals surface area contributed by atoms with Crippen LogP contribution in [0.25, 0.3) is 10.8 Å². The van der Waals surface area contributed by atoms with Gasteiger partial charge in [0.1, 0.15) is 0 Å². The number of fused-ring (bicyclic) bond motifs is 1. The van der Waals surface area contributed by atoms with Crippen molar-refractivity contribution < 1.29 is 4.74 Å². The minimum Gasteiger partial charge on any atom is -0.381 e. The van der Waals surface area contributed by atoms with Gasteiger partial charge in [0.2, 0.25) is 0 Å². The van der Waals surface area contributed by atoms with Gasteiger partial charge in [-0.2, -0.15) is 0 Å². The lowest BCUT2D eigenvalue weighted by Crippen LogP contribution is -2.34. The fourth-order valence-electron chi connectivity index (χ4n) is 3.52. The van der Waals surface area contributed by atoms with Crippen LogP contribution in [-0.2, 0) is 17.9 Å². The molecule has 0 unspecified atom stereocenters. The van der Waals surface area contributed by atoms with Crippen LogP contribution < -0.4 is 5.32 Å². The maximum absolute atomic E-state index is 6.08. The van der Waals surface area contributed by atoms with Crippen LogP contribution >= 0.6 is 0 Å². The summed E-state index contributed by atoms with van der Waals surface area (Å²) < 4.78 is 6.08. The molecule has 140 valence electrons. The number of aromatic nitrogens is 1. The molecule has 2 aromatic carbocycles. The van der Waals surface area contributed by atoms with Crippen molar-refractivity contribution in [2.24, 2.45) is 0 Å². The van der Waals surface area contributed by atoms with Crippen LogP contribution in [0, 0.1) is 0 Å². The zero-order valence-electron chi connectivity index (χ0n) is 15.9. The van der Waals surface area contributed by atoms with Crippen molar-refractivity contribution in [3.05, 3.63) is 72.1 Å². The standard InChI is InChI=1S/C23H27N3O/c1-26-12-9-23(10-13-26)27-17-19-4-2-18(3-5-19)15-25-22-7-6-21-16-24-11-8-20(21)14-22/h2-8,11,14,16,23,25H,9-10,12-13,15,17H2,1H3. The fraction of sp³-hybridized carbons (Fsp3) is 0.348. The normalized spacial score (nSPS) is 15.9. The van der Waals surface area contributed by atoms with Crippen LogP contribution in [0.5, 0.6) is 0 Å². The zero-order chi connectivity index (χ0) is 18.5. The number of likely N-dealkylation sites (tertiary alicyclic amines) is 1. The Hall–Kier alpha value is -2.43. The van der Waals surface area contributed by atoms with E-state index in [-0.39, 0.29) is 0 Å². The predicted octanol–water partition coefficient (Wildman–Crippen LogP) is 4.46. The number of anilines is 1. The minimum atomic E-state index is 0.408. The van der Waals surface area contributed by atoms with Gasteiger partial charge in [0.25, 0.3) is 0 Å². The van der Waals surface area contributed by atoms with Crippen molar-refractivity contribution >= 4 is 16.5 Å². The van der Waals surface area contributed by atoms with Gasteiger partial charge < -0.3 is 15.0 Å². The van der Waals surface area contributed by atoms with E-state index >= 15 is 0 Å². The second-order valence-corrected chi connectivity index (χ2v) is 7.42. The van der Waals surface area contributed by atoms with E-state index in [1.54, 1.807) is 0 Å². The SMILES string of the molecule is CN1CCC(OCc2ccc(CNc3ccc4cnccc4c3)cc2)CC1. The molecule has 0 bridgehead atoms. The lowest BCUT2D eigenvalue weighted by molar-refractivity contribution is 0.00213. The summed E-state index contributed by atoms with van der Waals surface area (Å²) in [5.41, 5.74) is 3.65. The summed E-state index contributed by atoms with van der Waals surface area (Å²) in [5.74, 6) is 0. The van der Waals surface area contributed by atoms with Crippen molar-refractivity contribution in [1.29, 1.82) is 0 Å². The highest BCUT2D eigenvalue weighted by atomic mass is 16.5. The summed E-state index contributed by atoms with van der Waals surface area (Å²) in [4.78, 5) is 6.53. The molecule has 1 aliphatic heterocycles. The highest BCUT2D eigenvalue weighted by molar-refractivity contribution is 5.84. The van der Waals surface area contributed by atoms with Crippen LogP contribution in [-0.4, -0.2) is 36.1 Å². The van der Waals surface area contributed by atoms with Crippen LogP contribution in [0.3, 0.4) is 0 Å². The number of nitrogens with zero attached hydrogens (tertiary/aromatic N) is 2. The molecule has 1 aliphatic rings. The Labute approximate surface area is 161 Å². The molecule has 0 amide bonds. The Kier molecular flexibility index (Phi) is 5.66.